The molecule has 0 aliphatic carbocycles. The van der Waals surface area contributed by atoms with Gasteiger partial charge in [-0.25, -0.2) is 9.97 Å². The molecule has 0 radical (unpaired) electrons. The van der Waals surface area contributed by atoms with Crippen LogP contribution < -0.4 is 16.0 Å². The summed E-state index contributed by atoms with van der Waals surface area (Å²) in [6, 6.07) is 14.3. The van der Waals surface area contributed by atoms with E-state index in [1.807, 2.05) is 58.2 Å². The van der Waals surface area contributed by atoms with Gasteiger partial charge in [-0.3, -0.25) is 19.6 Å². The van der Waals surface area contributed by atoms with Crippen molar-refractivity contribution in [2.24, 2.45) is 0 Å². The van der Waals surface area contributed by atoms with Crippen LogP contribution >= 0.6 is 0 Å². The van der Waals surface area contributed by atoms with E-state index in [9.17, 15) is 4.79 Å². The minimum atomic E-state index is 0.0813. The third kappa shape index (κ3) is 8.86. The molecule has 38 heavy (non-hydrogen) atoms. The second kappa shape index (κ2) is 15.8. The first-order valence-corrected chi connectivity index (χ1v) is 13.8. The van der Waals surface area contributed by atoms with Crippen LogP contribution in [-0.2, 0) is 17.9 Å². The fraction of sp³-hybridized carbons (Fsp3) is 0.448. The summed E-state index contributed by atoms with van der Waals surface area (Å²) in [6.45, 7) is 15.0. The summed E-state index contributed by atoms with van der Waals surface area (Å²) in [5, 5.41) is 9.69. The van der Waals surface area contributed by atoms with Crippen LogP contribution in [0, 0.1) is 0 Å². The molecule has 1 saturated heterocycles. The molecule has 2 aromatic heterocycles. The lowest BCUT2D eigenvalue weighted by Gasteiger charge is -2.34. The quantitative estimate of drug-likeness (QED) is 0.415. The van der Waals surface area contributed by atoms with E-state index in [-0.39, 0.29) is 5.91 Å². The van der Waals surface area contributed by atoms with Gasteiger partial charge in [0.25, 0.3) is 0 Å². The zero-order valence-electron chi connectivity index (χ0n) is 23.2. The molecule has 9 heteroatoms. The van der Waals surface area contributed by atoms with E-state index in [2.05, 4.69) is 58.9 Å². The Labute approximate surface area is 227 Å². The number of aromatic nitrogens is 3. The van der Waals surface area contributed by atoms with Gasteiger partial charge in [0.1, 0.15) is 0 Å². The van der Waals surface area contributed by atoms with Crippen LogP contribution in [0.1, 0.15) is 39.0 Å². The van der Waals surface area contributed by atoms with E-state index in [1.54, 1.807) is 6.20 Å². The minimum absolute atomic E-state index is 0.0813. The smallest absolute Gasteiger partial charge is 0.234 e. The van der Waals surface area contributed by atoms with E-state index in [0.717, 1.165) is 55.4 Å². The van der Waals surface area contributed by atoms with Crippen molar-refractivity contribution in [3.63, 3.8) is 0 Å². The van der Waals surface area contributed by atoms with E-state index < -0.39 is 0 Å². The van der Waals surface area contributed by atoms with Crippen molar-refractivity contribution in [2.75, 3.05) is 51.1 Å². The van der Waals surface area contributed by atoms with E-state index in [1.165, 1.54) is 5.56 Å². The van der Waals surface area contributed by atoms with Gasteiger partial charge in [0.2, 0.25) is 11.9 Å². The number of hydrogen-bond donors (Lipinski definition) is 3. The molecular weight excluding hydrogens is 476 g/mol. The molecule has 1 aromatic carbocycles. The van der Waals surface area contributed by atoms with Crippen molar-refractivity contribution in [1.82, 2.24) is 35.4 Å². The van der Waals surface area contributed by atoms with Gasteiger partial charge < -0.3 is 16.0 Å². The maximum atomic E-state index is 12.3. The SMILES string of the molecule is CC.CC.O=C1CN2CCN(CC2)Cc2cccc(c2)Nc2nccc(n2)-c2ccc(nc2)CNCCN1. The van der Waals surface area contributed by atoms with Crippen LogP contribution in [0.15, 0.2) is 54.9 Å². The van der Waals surface area contributed by atoms with E-state index in [0.29, 0.717) is 32.1 Å². The minimum Gasteiger partial charge on any atom is -0.354 e. The summed E-state index contributed by atoms with van der Waals surface area (Å²) in [4.78, 5) is 30.6. The number of carbonyl (C=O) groups is 1. The fourth-order valence-electron chi connectivity index (χ4n) is 4.27. The second-order valence-corrected chi connectivity index (χ2v) is 8.71. The van der Waals surface area contributed by atoms with Crippen LogP contribution in [0.2, 0.25) is 0 Å². The van der Waals surface area contributed by atoms with Gasteiger partial charge >= 0.3 is 0 Å². The number of pyridine rings is 1. The number of nitrogens with zero attached hydrogens (tertiary/aromatic N) is 5. The Kier molecular flexibility index (Phi) is 12.1. The second-order valence-electron chi connectivity index (χ2n) is 8.71. The highest BCUT2D eigenvalue weighted by Gasteiger charge is 2.19. The lowest BCUT2D eigenvalue weighted by molar-refractivity contribution is -0.122. The molecule has 7 heterocycles. The zero-order chi connectivity index (χ0) is 27.2. The van der Waals surface area contributed by atoms with Crippen LogP contribution in [0.25, 0.3) is 11.3 Å². The number of carbonyl (C=O) groups excluding carboxylic acids is 1. The van der Waals surface area contributed by atoms with Gasteiger partial charge in [-0.2, -0.15) is 0 Å². The summed E-state index contributed by atoms with van der Waals surface area (Å²) >= 11 is 0. The topological polar surface area (TPSA) is 98.3 Å². The Morgan fingerprint density at radius 2 is 1.61 bits per heavy atom. The van der Waals surface area contributed by atoms with Crippen LogP contribution in [-0.4, -0.2) is 76.5 Å². The van der Waals surface area contributed by atoms with E-state index in [4.69, 9.17) is 0 Å². The Morgan fingerprint density at radius 3 is 2.34 bits per heavy atom. The summed E-state index contributed by atoms with van der Waals surface area (Å²) < 4.78 is 0. The number of nitrogens with one attached hydrogen (secondary N) is 3. The molecule has 5 aliphatic rings. The number of piperazine rings is 1. The van der Waals surface area contributed by atoms with Gasteiger partial charge in [0.05, 0.1) is 17.9 Å². The molecule has 0 unspecified atom stereocenters. The summed E-state index contributed by atoms with van der Waals surface area (Å²) in [7, 11) is 0. The van der Waals surface area contributed by atoms with Crippen molar-refractivity contribution in [1.29, 1.82) is 0 Å². The summed E-state index contributed by atoms with van der Waals surface area (Å²) in [5.41, 5.74) is 4.89. The first kappa shape index (κ1) is 29.2. The van der Waals surface area contributed by atoms with Gasteiger partial charge in [0.15, 0.2) is 0 Å². The lowest BCUT2D eigenvalue weighted by atomic mass is 10.1. The van der Waals surface area contributed by atoms with Gasteiger partial charge in [-0.1, -0.05) is 39.8 Å². The Hall–Kier alpha value is -3.40. The number of rotatable bonds is 0. The molecule has 5 aliphatic heterocycles. The van der Waals surface area contributed by atoms with Gasteiger partial charge in [-0.05, 0) is 35.9 Å². The summed E-state index contributed by atoms with van der Waals surface area (Å²) in [5.74, 6) is 0.641. The highest BCUT2D eigenvalue weighted by Crippen LogP contribution is 2.20. The maximum Gasteiger partial charge on any atom is 0.234 e. The molecule has 8 bridgehead atoms. The molecule has 1 amide bonds. The van der Waals surface area contributed by atoms with Crippen molar-refractivity contribution >= 4 is 17.5 Å². The number of anilines is 2. The molecule has 9 nitrogen and oxygen atoms in total. The molecular formula is C29H42N8O. The molecule has 0 atom stereocenters. The third-order valence-electron chi connectivity index (χ3n) is 6.13. The standard InChI is InChI=1S/C25H30N8O.2C2H6/c34-24-18-33-12-10-32(11-13-33)17-19-2-1-3-21(14-19)30-25-28-7-6-23(31-25)20-4-5-22(29-15-20)16-26-8-9-27-24;2*1-2/h1-7,14-15,26H,8-13,16-18H2,(H,27,34)(H,28,30,31);2*1-2H3. The highest BCUT2D eigenvalue weighted by atomic mass is 16.2. The van der Waals surface area contributed by atoms with Gasteiger partial charge in [0, 0.05) is 76.0 Å². The Morgan fingerprint density at radius 1 is 0.842 bits per heavy atom. The first-order valence-electron chi connectivity index (χ1n) is 13.8. The molecule has 3 N–H and O–H groups in total. The first-order chi connectivity index (χ1) is 18.7. The Bertz CT molecular complexity index is 1110. The van der Waals surface area contributed by atoms with Crippen molar-refractivity contribution in [3.05, 3.63) is 66.1 Å². The molecule has 8 rings (SSSR count). The number of benzene rings is 1. The predicted octanol–water partition coefficient (Wildman–Crippen LogP) is 3.67. The molecule has 204 valence electrons. The third-order valence-corrected chi connectivity index (χ3v) is 6.13. The highest BCUT2D eigenvalue weighted by molar-refractivity contribution is 5.78. The van der Waals surface area contributed by atoms with E-state index >= 15 is 0 Å². The molecule has 3 aromatic rings. The van der Waals surface area contributed by atoms with Crippen LogP contribution in [0.3, 0.4) is 0 Å². The Balaban J connectivity index is 0.000000956. The van der Waals surface area contributed by atoms with Crippen LogP contribution in [0.5, 0.6) is 0 Å². The van der Waals surface area contributed by atoms with Crippen LogP contribution in [0.4, 0.5) is 11.6 Å². The lowest BCUT2D eigenvalue weighted by Crippen LogP contribution is -2.49. The maximum absolute atomic E-state index is 12.3. The summed E-state index contributed by atoms with van der Waals surface area (Å²) in [6.07, 6.45) is 3.60. The normalized spacial score (nSPS) is 19.5. The molecule has 1 fully saturated rings. The fourth-order valence-corrected chi connectivity index (χ4v) is 4.27. The average molecular weight is 519 g/mol. The predicted molar refractivity (Wildman–Crippen MR) is 154 cm³/mol. The largest absolute Gasteiger partial charge is 0.354 e. The number of amides is 1. The number of hydrogen-bond acceptors (Lipinski definition) is 8. The van der Waals surface area contributed by atoms with Crippen molar-refractivity contribution < 1.29 is 4.79 Å². The average Bonchev–Trinajstić information content (AvgIpc) is 2.96. The monoisotopic (exact) mass is 518 g/mol. The van der Waals surface area contributed by atoms with Gasteiger partial charge in [-0.15, -0.1) is 0 Å². The van der Waals surface area contributed by atoms with Crippen molar-refractivity contribution in [2.45, 2.75) is 40.8 Å². The zero-order valence-corrected chi connectivity index (χ0v) is 23.2. The molecule has 0 saturated carbocycles. The molecule has 0 spiro atoms. The van der Waals surface area contributed by atoms with Crippen molar-refractivity contribution in [3.8, 4) is 11.3 Å².